The van der Waals surface area contributed by atoms with Crippen LogP contribution in [0.15, 0.2) is 40.9 Å². The number of ether oxygens (including phenoxy) is 1. The number of hydrogen-bond donors (Lipinski definition) is 1. The molecule has 7 nitrogen and oxygen atoms in total. The minimum atomic E-state index is -0.367. The van der Waals surface area contributed by atoms with Crippen molar-refractivity contribution < 1.29 is 9.53 Å². The van der Waals surface area contributed by atoms with Gasteiger partial charge in [-0.2, -0.15) is 0 Å². The van der Waals surface area contributed by atoms with Gasteiger partial charge in [0.2, 0.25) is 11.1 Å². The van der Waals surface area contributed by atoms with Crippen LogP contribution in [0, 0.1) is 6.92 Å². The maximum atomic E-state index is 12.6. The molecule has 0 aliphatic rings. The predicted molar refractivity (Wildman–Crippen MR) is 103 cm³/mol. The maximum Gasteiger partial charge on any atom is 0.237 e. The molecule has 1 amide bonds. The highest BCUT2D eigenvalue weighted by molar-refractivity contribution is 8.00. The van der Waals surface area contributed by atoms with Crippen molar-refractivity contribution in [3.63, 3.8) is 0 Å². The lowest BCUT2D eigenvalue weighted by atomic mass is 10.2. The highest BCUT2D eigenvalue weighted by atomic mass is 32.2. The summed E-state index contributed by atoms with van der Waals surface area (Å²) < 4.78 is 7.01. The first-order chi connectivity index (χ1) is 12.6. The molecule has 3 aromatic rings. The predicted octanol–water partition coefficient (Wildman–Crippen LogP) is 3.22. The third-order valence-corrected chi connectivity index (χ3v) is 5.58. The molecule has 2 heterocycles. The summed E-state index contributed by atoms with van der Waals surface area (Å²) in [6, 6.07) is 9.67. The van der Waals surface area contributed by atoms with E-state index in [0.29, 0.717) is 23.1 Å². The summed E-state index contributed by atoms with van der Waals surface area (Å²) in [6.45, 7) is 4.38. The molecule has 0 radical (unpaired) electrons. The molecule has 2 aromatic heterocycles. The summed E-state index contributed by atoms with van der Waals surface area (Å²) in [5, 5.41) is 17.0. The van der Waals surface area contributed by atoms with E-state index in [1.807, 2.05) is 49.6 Å². The number of nitrogens with zero attached hydrogens (tertiary/aromatic N) is 4. The number of thioether (sulfide) groups is 1. The van der Waals surface area contributed by atoms with Crippen molar-refractivity contribution >= 4 is 34.7 Å². The van der Waals surface area contributed by atoms with Crippen molar-refractivity contribution in [2.45, 2.75) is 30.8 Å². The number of tetrazole rings is 1. The number of carbonyl (C=O) groups is 1. The molecule has 0 aliphatic carbocycles. The van der Waals surface area contributed by atoms with Crippen molar-refractivity contribution in [1.29, 1.82) is 0 Å². The first kappa shape index (κ1) is 18.4. The molecule has 1 aromatic carbocycles. The molecule has 0 saturated heterocycles. The van der Waals surface area contributed by atoms with Crippen LogP contribution < -0.4 is 10.1 Å². The van der Waals surface area contributed by atoms with Gasteiger partial charge in [-0.3, -0.25) is 4.79 Å². The number of hydrogen-bond acceptors (Lipinski definition) is 7. The van der Waals surface area contributed by atoms with E-state index in [-0.39, 0.29) is 11.2 Å². The number of anilines is 1. The second-order valence-corrected chi connectivity index (χ2v) is 7.99. The molecule has 1 N–H and O–H groups in total. The highest BCUT2D eigenvalue weighted by Crippen LogP contribution is 2.27. The Morgan fingerprint density at radius 2 is 2.27 bits per heavy atom. The summed E-state index contributed by atoms with van der Waals surface area (Å²) in [5.41, 5.74) is 1.70. The van der Waals surface area contributed by atoms with E-state index in [9.17, 15) is 4.79 Å². The van der Waals surface area contributed by atoms with E-state index in [1.54, 1.807) is 23.1 Å². The fourth-order valence-electron chi connectivity index (χ4n) is 2.30. The van der Waals surface area contributed by atoms with E-state index < -0.39 is 0 Å². The first-order valence-electron chi connectivity index (χ1n) is 7.97. The zero-order valence-corrected chi connectivity index (χ0v) is 16.3. The van der Waals surface area contributed by atoms with Crippen molar-refractivity contribution in [3.05, 3.63) is 46.2 Å². The van der Waals surface area contributed by atoms with Gasteiger partial charge in [0, 0.05) is 4.88 Å². The van der Waals surface area contributed by atoms with Crippen LogP contribution in [0.5, 0.6) is 5.75 Å². The van der Waals surface area contributed by atoms with E-state index >= 15 is 0 Å². The lowest BCUT2D eigenvalue weighted by Gasteiger charge is -2.14. The Bertz CT molecular complexity index is 879. The number of benzene rings is 1. The van der Waals surface area contributed by atoms with Gasteiger partial charge in [-0.1, -0.05) is 23.9 Å². The van der Waals surface area contributed by atoms with Crippen molar-refractivity contribution in [3.8, 4) is 5.75 Å². The largest absolute Gasteiger partial charge is 0.495 e. The fourth-order valence-corrected chi connectivity index (χ4v) is 3.77. The Labute approximate surface area is 159 Å². The number of amides is 1. The normalized spacial score (nSPS) is 12.0. The molecule has 136 valence electrons. The van der Waals surface area contributed by atoms with Gasteiger partial charge < -0.3 is 10.1 Å². The van der Waals surface area contributed by atoms with Crippen LogP contribution in [0.3, 0.4) is 0 Å². The van der Waals surface area contributed by atoms with Gasteiger partial charge in [0.05, 0.1) is 24.6 Å². The Kier molecular flexibility index (Phi) is 5.89. The Balaban J connectivity index is 1.67. The molecule has 0 fully saturated rings. The molecule has 0 spiro atoms. The number of methoxy groups -OCH3 is 1. The summed E-state index contributed by atoms with van der Waals surface area (Å²) in [7, 11) is 1.58. The highest BCUT2D eigenvalue weighted by Gasteiger charge is 2.20. The van der Waals surface area contributed by atoms with Gasteiger partial charge >= 0.3 is 0 Å². The molecule has 26 heavy (non-hydrogen) atoms. The number of rotatable bonds is 7. The lowest BCUT2D eigenvalue weighted by molar-refractivity contribution is -0.115. The molecule has 0 bridgehead atoms. The lowest BCUT2D eigenvalue weighted by Crippen LogP contribution is -2.23. The van der Waals surface area contributed by atoms with Crippen LogP contribution in [0.25, 0.3) is 0 Å². The first-order valence-corrected chi connectivity index (χ1v) is 9.73. The quantitative estimate of drug-likeness (QED) is 0.625. The number of aromatic nitrogens is 4. The van der Waals surface area contributed by atoms with Gasteiger partial charge in [0.15, 0.2) is 0 Å². The molecule has 1 unspecified atom stereocenters. The van der Waals surface area contributed by atoms with Crippen LogP contribution in [-0.2, 0) is 11.3 Å². The third kappa shape index (κ3) is 4.41. The second-order valence-electron chi connectivity index (χ2n) is 5.65. The average Bonchev–Trinajstić information content (AvgIpc) is 3.28. The van der Waals surface area contributed by atoms with Gasteiger partial charge in [-0.25, -0.2) is 4.68 Å². The molecule has 9 heteroatoms. The smallest absolute Gasteiger partial charge is 0.237 e. The standard InChI is InChI=1S/C17H19N5O2S2/c1-11-6-7-15(24-3)14(9-11)18-16(23)12(2)26-17-19-20-21-22(17)10-13-5-4-8-25-13/h4-9,12H,10H2,1-3H3,(H,18,23). The van der Waals surface area contributed by atoms with Crippen molar-refractivity contribution in [1.82, 2.24) is 20.2 Å². The molecular formula is C17H19N5O2S2. The molecule has 0 aliphatic heterocycles. The number of thiophene rings is 1. The molecule has 3 rings (SSSR count). The van der Waals surface area contributed by atoms with E-state index in [1.165, 1.54) is 11.8 Å². The zero-order chi connectivity index (χ0) is 18.5. The van der Waals surface area contributed by atoms with Crippen LogP contribution >= 0.6 is 23.1 Å². The molecule has 0 saturated carbocycles. The zero-order valence-electron chi connectivity index (χ0n) is 14.7. The summed E-state index contributed by atoms with van der Waals surface area (Å²) in [4.78, 5) is 13.7. The monoisotopic (exact) mass is 389 g/mol. The molecular weight excluding hydrogens is 370 g/mol. The third-order valence-electron chi connectivity index (χ3n) is 3.65. The van der Waals surface area contributed by atoms with Crippen LogP contribution in [-0.4, -0.2) is 38.5 Å². The summed E-state index contributed by atoms with van der Waals surface area (Å²) >= 11 is 2.97. The number of aryl methyl sites for hydroxylation is 1. The van der Waals surface area contributed by atoms with E-state index in [0.717, 1.165) is 10.4 Å². The van der Waals surface area contributed by atoms with Crippen molar-refractivity contribution in [2.24, 2.45) is 0 Å². The Hall–Kier alpha value is -2.39. The van der Waals surface area contributed by atoms with Crippen LogP contribution in [0.2, 0.25) is 0 Å². The molecule has 1 atom stereocenters. The average molecular weight is 390 g/mol. The minimum Gasteiger partial charge on any atom is -0.495 e. The summed E-state index contributed by atoms with van der Waals surface area (Å²) in [5.74, 6) is 0.494. The van der Waals surface area contributed by atoms with Gasteiger partial charge in [-0.05, 0) is 53.4 Å². The van der Waals surface area contributed by atoms with Crippen molar-refractivity contribution in [2.75, 3.05) is 12.4 Å². The minimum absolute atomic E-state index is 0.135. The topological polar surface area (TPSA) is 81.9 Å². The van der Waals surface area contributed by atoms with Gasteiger partial charge in [-0.15, -0.1) is 16.4 Å². The van der Waals surface area contributed by atoms with Gasteiger partial charge in [0.1, 0.15) is 5.75 Å². The number of nitrogens with one attached hydrogen (secondary N) is 1. The Morgan fingerprint density at radius 1 is 1.42 bits per heavy atom. The van der Waals surface area contributed by atoms with Crippen LogP contribution in [0.4, 0.5) is 5.69 Å². The van der Waals surface area contributed by atoms with Crippen LogP contribution in [0.1, 0.15) is 17.4 Å². The number of carbonyl (C=O) groups excluding carboxylic acids is 1. The Morgan fingerprint density at radius 3 is 3.00 bits per heavy atom. The van der Waals surface area contributed by atoms with Gasteiger partial charge in [0.25, 0.3) is 0 Å². The SMILES string of the molecule is COc1ccc(C)cc1NC(=O)C(C)Sc1nnnn1Cc1cccs1. The second kappa shape index (κ2) is 8.33. The summed E-state index contributed by atoms with van der Waals surface area (Å²) in [6.07, 6.45) is 0. The fraction of sp³-hybridized carbons (Fsp3) is 0.294. The van der Waals surface area contributed by atoms with E-state index in [2.05, 4.69) is 20.8 Å². The van der Waals surface area contributed by atoms with E-state index in [4.69, 9.17) is 4.74 Å². The maximum absolute atomic E-state index is 12.6.